The summed E-state index contributed by atoms with van der Waals surface area (Å²) in [5.74, 6) is -0.182. The molecule has 0 aliphatic rings. The number of halogens is 1. The summed E-state index contributed by atoms with van der Waals surface area (Å²) in [6.45, 7) is 7.26. The normalized spacial score (nSPS) is 11.3. The molecule has 5 amide bonds. The SMILES string of the molecule is CCCCC(=O)N(C)OOS(=O)c1ccc(OC)cc1.CCCCC(=O)N(C)OOS(=O)c1ccccc1.CCCCCCCCCCCC(=O)N(C)OCc1ccc(Cl)cc1.CN(OCc1ccccc1)C(=O)Cc1ccccc1.CN(OOS(=O)c1cccc2ccccc12)C(=O)c1ccccc1.O=c1c2ccccc2nnn1OCc1cccc2ccccc12. The lowest BCUT2D eigenvalue weighted by molar-refractivity contribution is -0.337. The molecular formula is C97H113ClN8O19S3. The van der Waals surface area contributed by atoms with E-state index in [9.17, 15) is 41.4 Å². The molecule has 0 fully saturated rings. The van der Waals surface area contributed by atoms with E-state index in [0.717, 1.165) is 102 Å². The number of hydrogen-bond donors (Lipinski definition) is 0. The number of hydrogen-bond acceptors (Lipinski definition) is 21. The third-order valence-electron chi connectivity index (χ3n) is 19.0. The van der Waals surface area contributed by atoms with Crippen molar-refractivity contribution in [1.82, 2.24) is 40.5 Å². The van der Waals surface area contributed by atoms with E-state index in [-0.39, 0.29) is 35.8 Å². The Morgan fingerprint density at radius 3 is 1.37 bits per heavy atom. The molecule has 12 rings (SSSR count). The summed E-state index contributed by atoms with van der Waals surface area (Å²) < 4.78 is 55.0. The van der Waals surface area contributed by atoms with Crippen molar-refractivity contribution in [1.29, 1.82) is 0 Å². The minimum absolute atomic E-state index is 0.0481. The lowest BCUT2D eigenvalue weighted by atomic mass is 10.1. The van der Waals surface area contributed by atoms with Gasteiger partial charge in [0.05, 0.1) is 33.6 Å². The van der Waals surface area contributed by atoms with Gasteiger partial charge in [0, 0.05) is 70.5 Å². The third kappa shape index (κ3) is 37.7. The van der Waals surface area contributed by atoms with Gasteiger partial charge in [0.25, 0.3) is 5.91 Å². The van der Waals surface area contributed by atoms with Crippen molar-refractivity contribution in [2.45, 2.75) is 164 Å². The molecule has 0 saturated heterocycles. The lowest BCUT2D eigenvalue weighted by Gasteiger charge is -2.16. The number of nitrogens with zero attached hydrogens (tertiary/aromatic N) is 8. The van der Waals surface area contributed by atoms with E-state index in [1.807, 2.05) is 190 Å². The molecule has 0 N–H and O–H groups in total. The summed E-state index contributed by atoms with van der Waals surface area (Å²) in [6.07, 6.45) is 16.4. The van der Waals surface area contributed by atoms with Gasteiger partial charge in [-0.3, -0.25) is 38.4 Å². The first-order valence-corrected chi connectivity index (χ1v) is 45.6. The van der Waals surface area contributed by atoms with E-state index in [2.05, 4.69) is 21.6 Å². The van der Waals surface area contributed by atoms with Crippen LogP contribution in [0, 0.1) is 0 Å². The van der Waals surface area contributed by atoms with Crippen molar-refractivity contribution in [3.8, 4) is 5.75 Å². The maximum absolute atomic E-state index is 12.3. The van der Waals surface area contributed by atoms with Crippen LogP contribution in [0.1, 0.15) is 156 Å². The number of carbonyl (C=O) groups is 5. The van der Waals surface area contributed by atoms with Gasteiger partial charge in [0.1, 0.15) is 31.1 Å². The van der Waals surface area contributed by atoms with Gasteiger partial charge in [-0.25, -0.2) is 22.8 Å². The predicted octanol–water partition coefficient (Wildman–Crippen LogP) is 19.5. The molecule has 3 atom stereocenters. The summed E-state index contributed by atoms with van der Waals surface area (Å²) >= 11 is 0.426. The summed E-state index contributed by atoms with van der Waals surface area (Å²) in [5.41, 5.74) is 4.72. The molecule has 0 spiro atoms. The molecular weight excluding hydrogens is 1710 g/mol. The number of rotatable bonds is 41. The number of unbranched alkanes of at least 4 members (excludes halogenated alkanes) is 10. The number of likely N-dealkylation sites (N-methyl/N-ethyl adjacent to an activating group) is 1. The summed E-state index contributed by atoms with van der Waals surface area (Å²) in [7, 11) is 9.13. The highest BCUT2D eigenvalue weighted by Gasteiger charge is 2.20. The Hall–Kier alpha value is -11.6. The van der Waals surface area contributed by atoms with E-state index in [1.54, 1.807) is 124 Å². The van der Waals surface area contributed by atoms with Crippen LogP contribution in [0.5, 0.6) is 5.75 Å². The second-order valence-corrected chi connectivity index (χ2v) is 32.3. The van der Waals surface area contributed by atoms with Gasteiger partial charge >= 0.3 is 5.56 Å². The highest BCUT2D eigenvalue weighted by molar-refractivity contribution is 7.80. The fourth-order valence-corrected chi connectivity index (χ4v) is 13.7. The Bertz CT molecular complexity index is 5420. The Balaban J connectivity index is 0.000000211. The van der Waals surface area contributed by atoms with E-state index < -0.39 is 39.1 Å². The van der Waals surface area contributed by atoms with Crippen molar-refractivity contribution in [3.63, 3.8) is 0 Å². The summed E-state index contributed by atoms with van der Waals surface area (Å²) in [4.78, 5) is 105. The predicted molar refractivity (Wildman–Crippen MR) is 495 cm³/mol. The van der Waals surface area contributed by atoms with Crippen molar-refractivity contribution in [2.75, 3.05) is 42.3 Å². The van der Waals surface area contributed by atoms with Crippen LogP contribution < -0.4 is 15.1 Å². The Morgan fingerprint density at radius 1 is 0.383 bits per heavy atom. The molecule has 27 nitrogen and oxygen atoms in total. The van der Waals surface area contributed by atoms with E-state index in [0.29, 0.717) is 80.8 Å². The van der Waals surface area contributed by atoms with Crippen LogP contribution in [-0.4, -0.2) is 125 Å². The van der Waals surface area contributed by atoms with Gasteiger partial charge in [-0.15, -0.1) is 18.1 Å². The highest BCUT2D eigenvalue weighted by atomic mass is 35.5. The molecule has 0 radical (unpaired) electrons. The van der Waals surface area contributed by atoms with Gasteiger partial charge in [0.15, 0.2) is 0 Å². The van der Waals surface area contributed by atoms with Gasteiger partial charge in [-0.1, -0.05) is 312 Å². The van der Waals surface area contributed by atoms with Crippen molar-refractivity contribution < 1.29 is 83.8 Å². The van der Waals surface area contributed by atoms with Gasteiger partial charge in [-0.05, 0) is 147 Å². The maximum atomic E-state index is 12.3. The second kappa shape index (κ2) is 59.4. The van der Waals surface area contributed by atoms with Crippen LogP contribution >= 0.6 is 11.6 Å². The third-order valence-corrected chi connectivity index (χ3v) is 21.8. The van der Waals surface area contributed by atoms with E-state index in [4.69, 9.17) is 54.5 Å². The number of benzene rings is 11. The van der Waals surface area contributed by atoms with E-state index >= 15 is 0 Å². The number of carbonyl (C=O) groups excluding carboxylic acids is 5. The molecule has 11 aromatic carbocycles. The summed E-state index contributed by atoms with van der Waals surface area (Å²) in [6, 6.07) is 84.6. The molecule has 128 heavy (non-hydrogen) atoms. The van der Waals surface area contributed by atoms with Crippen molar-refractivity contribution in [3.05, 3.63) is 322 Å². The molecule has 0 bridgehead atoms. The number of methoxy groups -OCH3 is 1. The summed E-state index contributed by atoms with van der Waals surface area (Å²) in [5, 5.41) is 18.5. The van der Waals surface area contributed by atoms with Gasteiger partial charge in [0.2, 0.25) is 56.9 Å². The number of ether oxygens (including phenoxy) is 1. The van der Waals surface area contributed by atoms with Crippen LogP contribution in [0.25, 0.3) is 32.4 Å². The fraction of sp³-hybridized carbons (Fsp3) is 0.299. The van der Waals surface area contributed by atoms with Gasteiger partial charge < -0.3 is 9.57 Å². The van der Waals surface area contributed by atoms with Crippen LogP contribution in [0.4, 0.5) is 0 Å². The van der Waals surface area contributed by atoms with Gasteiger partial charge in [-0.2, -0.15) is 15.2 Å². The first kappa shape index (κ1) is 103. The topological polar surface area (TPSA) is 293 Å². The average molecular weight is 1830 g/mol. The molecule has 0 aliphatic carbocycles. The molecule has 3 unspecified atom stereocenters. The molecule has 31 heteroatoms. The Kier molecular flexibility index (Phi) is 48.0. The Morgan fingerprint density at radius 2 is 0.805 bits per heavy atom. The minimum atomic E-state index is -1.87. The zero-order valence-electron chi connectivity index (χ0n) is 73.6. The standard InChI is InChI=1S/C20H32ClNO2.C18H13N3O2.C18H15NO4S.C16H17NO2.C13H19NO5S.C12H17NO4S/c1-3-4-5-6-7-8-9-10-11-12-20(23)22(2)24-17-18-13-15-19(21)16-14-18;22-18-16-10-3-4-11-17(16)19-20-21(18)23-12-14-8-5-7-13-6-1-2-9-15(13)14;1-19(18(20)15-9-3-2-4-10-15)22-23-24(21)17-13-7-11-14-8-5-6-12-16(14)17;1-17(19-13-15-10-6-3-7-11-15)16(18)12-14-8-4-2-5-9-14;1-4-5-6-13(15)14(2)18-19-20(16)12-9-7-11(17-3)8-10-12;1-3-4-10-12(14)13(2)16-17-18(15)11-8-6-5-7-9-11/h13-16H,3-12,17H2,1-2H3;1-11H,12H2;2-13H,1H3;2-11H,12-13H2,1H3;7-10H,4-6H2,1-3H3;5-9H,3-4,10H2,1-2H3. The quantitative estimate of drug-likeness (QED) is 0.0195. The monoisotopic (exact) mass is 1820 g/mol. The molecule has 680 valence electrons. The smallest absolute Gasteiger partial charge is 0.314 e. The first-order valence-electron chi connectivity index (χ1n) is 42.0. The number of amides is 5. The van der Waals surface area contributed by atoms with Crippen molar-refractivity contribution in [2.24, 2.45) is 0 Å². The zero-order chi connectivity index (χ0) is 92.1. The van der Waals surface area contributed by atoms with Crippen LogP contribution in [0.2, 0.25) is 5.02 Å². The molecule has 1 aromatic heterocycles. The number of hydroxylamine groups is 10. The highest BCUT2D eigenvalue weighted by Crippen LogP contribution is 2.25. The first-order chi connectivity index (χ1) is 62.1. The molecule has 12 aromatic rings. The molecule has 1 heterocycles. The number of fused-ring (bicyclic) bond motifs is 3. The van der Waals surface area contributed by atoms with Crippen LogP contribution in [-0.2, 0) is 116 Å². The molecule has 0 saturated carbocycles. The average Bonchev–Trinajstić information content (AvgIpc) is 0.828. The molecule has 0 aliphatic heterocycles. The second-order valence-electron chi connectivity index (χ2n) is 28.6. The zero-order valence-corrected chi connectivity index (χ0v) is 76.8. The Labute approximate surface area is 761 Å². The van der Waals surface area contributed by atoms with Crippen LogP contribution in [0.15, 0.2) is 299 Å². The fourth-order valence-electron chi connectivity index (χ4n) is 11.6. The van der Waals surface area contributed by atoms with E-state index in [1.165, 1.54) is 76.2 Å². The van der Waals surface area contributed by atoms with Crippen LogP contribution in [0.3, 0.4) is 0 Å². The lowest BCUT2D eigenvalue weighted by Crippen LogP contribution is -2.30. The largest absolute Gasteiger partial charge is 0.497 e. The maximum Gasteiger partial charge on any atom is 0.314 e. The minimum Gasteiger partial charge on any atom is -0.497 e. The van der Waals surface area contributed by atoms with Crippen molar-refractivity contribution >= 4 is 107 Å². The number of aromatic nitrogens is 3.